The number of para-hydroxylation sites is 1. The average Bonchev–Trinajstić information content (AvgIpc) is 3.60. The first kappa shape index (κ1) is 41.0. The molecular formula is C37H51N7O8. The van der Waals surface area contributed by atoms with Gasteiger partial charge in [0.05, 0.1) is 12.8 Å². The number of primary amides is 1. The summed E-state index contributed by atoms with van der Waals surface area (Å²) in [4.78, 5) is 91.2. The molecule has 0 aliphatic carbocycles. The van der Waals surface area contributed by atoms with Crippen LogP contribution in [-0.2, 0) is 35.2 Å². The van der Waals surface area contributed by atoms with Crippen molar-refractivity contribution in [3.63, 3.8) is 0 Å². The Bertz CT molecular complexity index is 1600. The zero-order valence-corrected chi connectivity index (χ0v) is 30.2. The SMILES string of the molecule is CCCC[C@H](NC(=O)Cc1ccc(NC(=O)Nc2ccccc2C)cc1)C(=O)N[C@@H](CC(=O)O)C(=O)N[C@H](C(=O)N1CCC[C@@H]1C(N)=O)C(C)CC. The van der Waals surface area contributed by atoms with Crippen LogP contribution in [0.2, 0.25) is 0 Å². The number of carbonyl (C=O) groups excluding carboxylic acids is 6. The van der Waals surface area contributed by atoms with E-state index in [0.717, 1.165) is 5.56 Å². The number of unbranched alkanes of at least 4 members (excludes halogenated alkanes) is 1. The van der Waals surface area contributed by atoms with E-state index in [-0.39, 0.29) is 25.3 Å². The summed E-state index contributed by atoms with van der Waals surface area (Å²) in [5.41, 5.74) is 8.20. The second kappa shape index (κ2) is 19.8. The Kier molecular flexibility index (Phi) is 15.6. The third-order valence-corrected chi connectivity index (χ3v) is 9.12. The molecule has 0 aromatic heterocycles. The number of aliphatic carboxylic acids is 1. The molecule has 1 aliphatic heterocycles. The molecule has 7 amide bonds. The Morgan fingerprint density at radius 1 is 0.904 bits per heavy atom. The van der Waals surface area contributed by atoms with Gasteiger partial charge in [-0.15, -0.1) is 0 Å². The fraction of sp³-hybridized carbons (Fsp3) is 0.486. The van der Waals surface area contributed by atoms with Crippen LogP contribution in [0.5, 0.6) is 0 Å². The van der Waals surface area contributed by atoms with Crippen molar-refractivity contribution in [2.45, 2.75) is 103 Å². The fourth-order valence-corrected chi connectivity index (χ4v) is 5.91. The van der Waals surface area contributed by atoms with Gasteiger partial charge in [-0.3, -0.25) is 28.8 Å². The number of anilines is 2. The number of nitrogens with zero attached hydrogens (tertiary/aromatic N) is 1. The number of hydrogen-bond donors (Lipinski definition) is 7. The number of carboxylic acid groups (broad SMARTS) is 1. The monoisotopic (exact) mass is 721 g/mol. The number of benzene rings is 2. The molecule has 2 aromatic rings. The molecule has 15 heteroatoms. The Labute approximate surface area is 303 Å². The van der Waals surface area contributed by atoms with Crippen LogP contribution in [0.1, 0.15) is 76.8 Å². The highest BCUT2D eigenvalue weighted by Gasteiger charge is 2.39. The molecule has 0 radical (unpaired) electrons. The van der Waals surface area contributed by atoms with E-state index in [1.807, 2.05) is 39.0 Å². The smallest absolute Gasteiger partial charge is 0.323 e. The average molecular weight is 722 g/mol. The molecule has 52 heavy (non-hydrogen) atoms. The van der Waals surface area contributed by atoms with Crippen molar-refractivity contribution in [2.75, 3.05) is 17.2 Å². The van der Waals surface area contributed by atoms with Crippen molar-refractivity contribution < 1.29 is 38.7 Å². The van der Waals surface area contributed by atoms with Crippen molar-refractivity contribution in [2.24, 2.45) is 11.7 Å². The molecule has 1 unspecified atom stereocenters. The molecular weight excluding hydrogens is 670 g/mol. The number of carboxylic acids is 1. The van der Waals surface area contributed by atoms with E-state index < -0.39 is 72.1 Å². The summed E-state index contributed by atoms with van der Waals surface area (Å²) in [6, 6.07) is 9.02. The highest BCUT2D eigenvalue weighted by Crippen LogP contribution is 2.21. The quantitative estimate of drug-likeness (QED) is 0.121. The van der Waals surface area contributed by atoms with E-state index in [1.54, 1.807) is 37.3 Å². The molecule has 0 saturated carbocycles. The molecule has 8 N–H and O–H groups in total. The van der Waals surface area contributed by atoms with E-state index in [4.69, 9.17) is 5.73 Å². The van der Waals surface area contributed by atoms with E-state index >= 15 is 0 Å². The van der Waals surface area contributed by atoms with Gasteiger partial charge in [0.25, 0.3) is 0 Å². The number of likely N-dealkylation sites (tertiary alicyclic amines) is 1. The summed E-state index contributed by atoms with van der Waals surface area (Å²) in [7, 11) is 0. The molecule has 1 saturated heterocycles. The maximum absolute atomic E-state index is 13.5. The van der Waals surface area contributed by atoms with Gasteiger partial charge >= 0.3 is 12.0 Å². The van der Waals surface area contributed by atoms with Crippen LogP contribution in [-0.4, -0.2) is 82.3 Å². The van der Waals surface area contributed by atoms with Crippen molar-refractivity contribution >= 4 is 52.9 Å². The summed E-state index contributed by atoms with van der Waals surface area (Å²) in [5, 5.41) is 22.9. The summed E-state index contributed by atoms with van der Waals surface area (Å²) >= 11 is 0. The number of hydrogen-bond acceptors (Lipinski definition) is 7. The van der Waals surface area contributed by atoms with Gasteiger partial charge in [0.1, 0.15) is 24.2 Å². The fourth-order valence-electron chi connectivity index (χ4n) is 5.91. The van der Waals surface area contributed by atoms with Gasteiger partial charge in [-0.05, 0) is 61.4 Å². The molecule has 5 atom stereocenters. The predicted molar refractivity (Wildman–Crippen MR) is 195 cm³/mol. The number of nitrogens with one attached hydrogen (secondary N) is 5. The number of aryl methyl sites for hydroxylation is 1. The molecule has 2 aromatic carbocycles. The minimum absolute atomic E-state index is 0.0911. The first-order valence-corrected chi connectivity index (χ1v) is 17.7. The van der Waals surface area contributed by atoms with Crippen LogP contribution < -0.4 is 32.3 Å². The molecule has 3 rings (SSSR count). The maximum atomic E-state index is 13.5. The number of amides is 7. The minimum atomic E-state index is -1.56. The lowest BCUT2D eigenvalue weighted by atomic mass is 9.96. The van der Waals surface area contributed by atoms with Crippen molar-refractivity contribution in [1.82, 2.24) is 20.9 Å². The van der Waals surface area contributed by atoms with Gasteiger partial charge < -0.3 is 42.3 Å². The Balaban J connectivity index is 1.66. The van der Waals surface area contributed by atoms with Gasteiger partial charge in [-0.25, -0.2) is 4.79 Å². The predicted octanol–water partition coefficient (Wildman–Crippen LogP) is 2.82. The van der Waals surface area contributed by atoms with Crippen molar-refractivity contribution in [1.29, 1.82) is 0 Å². The third-order valence-electron chi connectivity index (χ3n) is 9.12. The summed E-state index contributed by atoms with van der Waals surface area (Å²) < 4.78 is 0. The molecule has 0 spiro atoms. The zero-order valence-electron chi connectivity index (χ0n) is 30.2. The molecule has 0 bridgehead atoms. The van der Waals surface area contributed by atoms with E-state index in [2.05, 4.69) is 26.6 Å². The molecule has 15 nitrogen and oxygen atoms in total. The van der Waals surface area contributed by atoms with E-state index in [1.165, 1.54) is 4.90 Å². The van der Waals surface area contributed by atoms with Crippen LogP contribution in [0.15, 0.2) is 48.5 Å². The molecule has 282 valence electrons. The standard InChI is InChI=1S/C37H51N7O8/c1-5-7-12-27(40-30(45)20-24-15-17-25(18-16-24)39-37(52)42-26-13-9-8-11-23(26)4)34(49)41-28(21-31(46)47)35(50)43-32(22(3)6-2)36(51)44-19-10-14-29(44)33(38)48/h8-9,11,13,15-18,22,27-29,32H,5-7,10,12,14,19-21H2,1-4H3,(H2,38,48)(H,40,45)(H,41,49)(H,43,50)(H,46,47)(H2,39,42,52)/t22?,27-,28-,29+,32-/m0/s1. The Hall–Kier alpha value is -5.47. The van der Waals surface area contributed by atoms with Gasteiger partial charge in [-0.1, -0.05) is 70.4 Å². The second-order valence-corrected chi connectivity index (χ2v) is 13.2. The topological polar surface area (TPSA) is 229 Å². The second-order valence-electron chi connectivity index (χ2n) is 13.2. The lowest BCUT2D eigenvalue weighted by Gasteiger charge is -2.32. The van der Waals surface area contributed by atoms with Crippen LogP contribution in [0, 0.1) is 12.8 Å². The third kappa shape index (κ3) is 12.1. The summed E-state index contributed by atoms with van der Waals surface area (Å²) in [6.07, 6.45) is 2.07. The molecule has 1 fully saturated rings. The van der Waals surface area contributed by atoms with E-state index in [0.29, 0.717) is 49.0 Å². The van der Waals surface area contributed by atoms with Gasteiger partial charge in [-0.2, -0.15) is 0 Å². The first-order valence-electron chi connectivity index (χ1n) is 17.7. The summed E-state index contributed by atoms with van der Waals surface area (Å²) in [5.74, 6) is -5.02. The number of nitrogens with two attached hydrogens (primary N) is 1. The highest BCUT2D eigenvalue weighted by atomic mass is 16.4. The number of carbonyl (C=O) groups is 7. The van der Waals surface area contributed by atoms with Crippen LogP contribution in [0.25, 0.3) is 0 Å². The van der Waals surface area contributed by atoms with Crippen molar-refractivity contribution in [3.8, 4) is 0 Å². The van der Waals surface area contributed by atoms with Gasteiger partial charge in [0.15, 0.2) is 0 Å². The minimum Gasteiger partial charge on any atom is -0.481 e. The maximum Gasteiger partial charge on any atom is 0.323 e. The number of urea groups is 1. The highest BCUT2D eigenvalue weighted by molar-refractivity contribution is 6.00. The van der Waals surface area contributed by atoms with Crippen LogP contribution >= 0.6 is 0 Å². The summed E-state index contributed by atoms with van der Waals surface area (Å²) in [6.45, 7) is 7.64. The van der Waals surface area contributed by atoms with Gasteiger partial charge in [0.2, 0.25) is 29.5 Å². The Morgan fingerprint density at radius 3 is 2.19 bits per heavy atom. The van der Waals surface area contributed by atoms with E-state index in [9.17, 15) is 38.7 Å². The molecule has 1 aliphatic rings. The lowest BCUT2D eigenvalue weighted by molar-refractivity contribution is -0.144. The normalized spacial score (nSPS) is 16.1. The first-order chi connectivity index (χ1) is 24.7. The zero-order chi connectivity index (χ0) is 38.4. The lowest BCUT2D eigenvalue weighted by Crippen LogP contribution is -2.59. The van der Waals surface area contributed by atoms with Crippen LogP contribution in [0.3, 0.4) is 0 Å². The molecule has 1 heterocycles. The van der Waals surface area contributed by atoms with Gasteiger partial charge in [0, 0.05) is 17.9 Å². The van der Waals surface area contributed by atoms with Crippen molar-refractivity contribution in [3.05, 3.63) is 59.7 Å². The van der Waals surface area contributed by atoms with Crippen LogP contribution in [0.4, 0.5) is 16.2 Å². The largest absolute Gasteiger partial charge is 0.481 e. The number of rotatable bonds is 18. The Morgan fingerprint density at radius 2 is 1.58 bits per heavy atom.